The molecule has 130 valence electrons. The van der Waals surface area contributed by atoms with Crippen LogP contribution in [0.5, 0.6) is 0 Å². The molecular weight excluding hydrogens is 284 g/mol. The molecule has 6 nitrogen and oxygen atoms in total. The standard InChI is InChI=1S/C16H32N2O4/c1-8-21-12(5)14(19)17-10-16(7,11(3)4)18-15(20)13(6)22-9-2/h11-13H,8-10H2,1-7H3,(H,17,19)(H,18,20)/t12-,13+,16+/m1/s1. The molecule has 2 amide bonds. The second kappa shape index (κ2) is 9.79. The van der Waals surface area contributed by atoms with Gasteiger partial charge < -0.3 is 20.1 Å². The molecule has 0 aliphatic rings. The molecule has 0 rings (SSSR count). The molecule has 0 saturated carbocycles. The first kappa shape index (κ1) is 20.9. The quantitative estimate of drug-likeness (QED) is 0.640. The number of amides is 2. The minimum absolute atomic E-state index is 0.146. The van der Waals surface area contributed by atoms with Gasteiger partial charge in [0.05, 0.1) is 5.54 Å². The third kappa shape index (κ3) is 6.75. The van der Waals surface area contributed by atoms with E-state index in [4.69, 9.17) is 9.47 Å². The number of ether oxygens (including phenoxy) is 2. The molecule has 0 aromatic rings. The second-order valence-corrected chi connectivity index (χ2v) is 5.97. The summed E-state index contributed by atoms with van der Waals surface area (Å²) in [5, 5.41) is 5.83. The molecule has 0 aromatic heterocycles. The van der Waals surface area contributed by atoms with Crippen molar-refractivity contribution in [2.75, 3.05) is 19.8 Å². The maximum Gasteiger partial charge on any atom is 0.249 e. The lowest BCUT2D eigenvalue weighted by Crippen LogP contribution is -2.59. The highest BCUT2D eigenvalue weighted by atomic mass is 16.5. The summed E-state index contributed by atoms with van der Waals surface area (Å²) >= 11 is 0. The Bertz CT molecular complexity index is 360. The largest absolute Gasteiger partial charge is 0.369 e. The molecule has 0 fully saturated rings. The van der Waals surface area contributed by atoms with E-state index in [0.717, 1.165) is 0 Å². The molecule has 2 N–H and O–H groups in total. The van der Waals surface area contributed by atoms with Gasteiger partial charge in [-0.25, -0.2) is 0 Å². The van der Waals surface area contributed by atoms with Crippen LogP contribution in [0.4, 0.5) is 0 Å². The lowest BCUT2D eigenvalue weighted by molar-refractivity contribution is -0.135. The molecule has 0 unspecified atom stereocenters. The number of carbonyl (C=O) groups is 2. The van der Waals surface area contributed by atoms with Crippen LogP contribution in [-0.4, -0.2) is 49.3 Å². The average molecular weight is 316 g/mol. The van der Waals surface area contributed by atoms with E-state index in [2.05, 4.69) is 10.6 Å². The van der Waals surface area contributed by atoms with Crippen LogP contribution in [0.2, 0.25) is 0 Å². The molecule has 22 heavy (non-hydrogen) atoms. The Kier molecular flexibility index (Phi) is 9.28. The smallest absolute Gasteiger partial charge is 0.249 e. The van der Waals surface area contributed by atoms with Crippen LogP contribution >= 0.6 is 0 Å². The van der Waals surface area contributed by atoms with E-state index in [1.54, 1.807) is 13.8 Å². The lowest BCUT2D eigenvalue weighted by Gasteiger charge is -2.36. The van der Waals surface area contributed by atoms with Gasteiger partial charge in [0.1, 0.15) is 12.2 Å². The van der Waals surface area contributed by atoms with E-state index in [1.165, 1.54) is 0 Å². The number of rotatable bonds is 10. The normalized spacial score (nSPS) is 16.7. The number of hydrogen-bond donors (Lipinski definition) is 2. The summed E-state index contributed by atoms with van der Waals surface area (Å²) in [6, 6.07) is 0. The van der Waals surface area contributed by atoms with Gasteiger partial charge in [-0.1, -0.05) is 13.8 Å². The Morgan fingerprint density at radius 1 is 0.955 bits per heavy atom. The molecular formula is C16H32N2O4. The van der Waals surface area contributed by atoms with E-state index in [0.29, 0.717) is 19.8 Å². The highest BCUT2D eigenvalue weighted by molar-refractivity contribution is 5.82. The van der Waals surface area contributed by atoms with Crippen LogP contribution in [0.1, 0.15) is 48.5 Å². The summed E-state index contributed by atoms with van der Waals surface area (Å²) < 4.78 is 10.6. The Balaban J connectivity index is 4.69. The summed E-state index contributed by atoms with van der Waals surface area (Å²) in [6.45, 7) is 14.3. The fraction of sp³-hybridized carbons (Fsp3) is 0.875. The van der Waals surface area contributed by atoms with E-state index in [1.807, 2.05) is 34.6 Å². The van der Waals surface area contributed by atoms with Gasteiger partial charge in [-0.15, -0.1) is 0 Å². The first-order chi connectivity index (χ1) is 10.2. The summed E-state index contributed by atoms with van der Waals surface area (Å²) in [5.74, 6) is -0.209. The second-order valence-electron chi connectivity index (χ2n) is 5.97. The molecule has 3 atom stereocenters. The average Bonchev–Trinajstić information content (AvgIpc) is 2.44. The summed E-state index contributed by atoms with van der Waals surface area (Å²) in [7, 11) is 0. The van der Waals surface area contributed by atoms with Crippen LogP contribution in [0.15, 0.2) is 0 Å². The molecule has 0 aliphatic heterocycles. The predicted molar refractivity (Wildman–Crippen MR) is 86.6 cm³/mol. The topological polar surface area (TPSA) is 76.7 Å². The van der Waals surface area contributed by atoms with Gasteiger partial charge in [-0.2, -0.15) is 0 Å². The minimum Gasteiger partial charge on any atom is -0.369 e. The Morgan fingerprint density at radius 3 is 1.82 bits per heavy atom. The molecule has 0 radical (unpaired) electrons. The van der Waals surface area contributed by atoms with Crippen molar-refractivity contribution in [2.24, 2.45) is 5.92 Å². The highest BCUT2D eigenvalue weighted by Gasteiger charge is 2.32. The first-order valence-corrected chi connectivity index (χ1v) is 8.00. The highest BCUT2D eigenvalue weighted by Crippen LogP contribution is 2.16. The Labute approximate surface area is 134 Å². The van der Waals surface area contributed by atoms with Crippen molar-refractivity contribution in [1.82, 2.24) is 10.6 Å². The van der Waals surface area contributed by atoms with E-state index in [9.17, 15) is 9.59 Å². The van der Waals surface area contributed by atoms with Crippen LogP contribution in [0.25, 0.3) is 0 Å². The van der Waals surface area contributed by atoms with Gasteiger partial charge in [-0.05, 0) is 40.5 Å². The van der Waals surface area contributed by atoms with Gasteiger partial charge in [0.25, 0.3) is 0 Å². The van der Waals surface area contributed by atoms with E-state index in [-0.39, 0.29) is 17.7 Å². The fourth-order valence-corrected chi connectivity index (χ4v) is 1.84. The molecule has 6 heteroatoms. The third-order valence-electron chi connectivity index (χ3n) is 3.88. The van der Waals surface area contributed by atoms with E-state index >= 15 is 0 Å². The van der Waals surface area contributed by atoms with Crippen molar-refractivity contribution in [2.45, 2.75) is 66.2 Å². The van der Waals surface area contributed by atoms with Crippen molar-refractivity contribution < 1.29 is 19.1 Å². The van der Waals surface area contributed by atoms with Gasteiger partial charge in [0.2, 0.25) is 11.8 Å². The van der Waals surface area contributed by atoms with Crippen molar-refractivity contribution in [3.63, 3.8) is 0 Å². The first-order valence-electron chi connectivity index (χ1n) is 8.00. The predicted octanol–water partition coefficient (Wildman–Crippen LogP) is 1.48. The zero-order chi connectivity index (χ0) is 17.3. The Hall–Kier alpha value is -1.14. The van der Waals surface area contributed by atoms with Gasteiger partial charge in [-0.3, -0.25) is 9.59 Å². The van der Waals surface area contributed by atoms with Crippen LogP contribution in [-0.2, 0) is 19.1 Å². The molecule has 0 heterocycles. The molecule has 0 spiro atoms. The minimum atomic E-state index is -0.552. The summed E-state index contributed by atoms with van der Waals surface area (Å²) in [6.07, 6.45) is -1.01. The van der Waals surface area contributed by atoms with Crippen LogP contribution in [0, 0.1) is 5.92 Å². The number of carbonyl (C=O) groups excluding carboxylic acids is 2. The van der Waals surface area contributed by atoms with Crippen LogP contribution < -0.4 is 10.6 Å². The molecule has 0 saturated heterocycles. The van der Waals surface area contributed by atoms with Crippen molar-refractivity contribution >= 4 is 11.8 Å². The Morgan fingerprint density at radius 2 is 1.41 bits per heavy atom. The van der Waals surface area contributed by atoms with Crippen molar-refractivity contribution in [1.29, 1.82) is 0 Å². The summed E-state index contributed by atoms with van der Waals surface area (Å²) in [4.78, 5) is 24.1. The fourth-order valence-electron chi connectivity index (χ4n) is 1.84. The molecule has 0 bridgehead atoms. The number of hydrogen-bond acceptors (Lipinski definition) is 4. The monoisotopic (exact) mass is 316 g/mol. The van der Waals surface area contributed by atoms with Gasteiger partial charge in [0.15, 0.2) is 0 Å². The maximum atomic E-state index is 12.2. The summed E-state index contributed by atoms with van der Waals surface area (Å²) in [5.41, 5.74) is -0.552. The van der Waals surface area contributed by atoms with Crippen molar-refractivity contribution in [3.05, 3.63) is 0 Å². The maximum absolute atomic E-state index is 12.2. The molecule has 0 aromatic carbocycles. The van der Waals surface area contributed by atoms with E-state index < -0.39 is 17.7 Å². The van der Waals surface area contributed by atoms with Crippen LogP contribution in [0.3, 0.4) is 0 Å². The van der Waals surface area contributed by atoms with Gasteiger partial charge in [0, 0.05) is 19.8 Å². The van der Waals surface area contributed by atoms with Crippen molar-refractivity contribution in [3.8, 4) is 0 Å². The SMILES string of the molecule is CCO[C@@H](C)C(=O)N[C@@](C)(CNC(=O)[C@@H](C)OCC)C(C)C. The third-order valence-corrected chi connectivity index (χ3v) is 3.88. The lowest BCUT2D eigenvalue weighted by atomic mass is 9.88. The van der Waals surface area contributed by atoms with Gasteiger partial charge >= 0.3 is 0 Å². The zero-order valence-electron chi connectivity index (χ0n) is 15.0. The molecule has 0 aliphatic carbocycles. The number of nitrogens with one attached hydrogen (secondary N) is 2. The zero-order valence-corrected chi connectivity index (χ0v) is 15.0.